The van der Waals surface area contributed by atoms with Crippen molar-refractivity contribution >= 4 is 0 Å². The minimum atomic E-state index is -0.0768. The Kier molecular flexibility index (Phi) is 3.12. The number of rotatable bonds is 1. The third-order valence-electron chi connectivity index (χ3n) is 4.24. The van der Waals surface area contributed by atoms with Gasteiger partial charge in [0.15, 0.2) is 6.04 Å². The third kappa shape index (κ3) is 2.22. The molecule has 1 atom stereocenters. The van der Waals surface area contributed by atoms with E-state index in [1.165, 1.54) is 43.5 Å². The summed E-state index contributed by atoms with van der Waals surface area (Å²) in [6.45, 7) is 4.65. The van der Waals surface area contributed by atoms with Gasteiger partial charge in [-0.2, -0.15) is 0 Å². The number of quaternary nitrogens is 2. The molecule has 17 heavy (non-hydrogen) atoms. The minimum absolute atomic E-state index is 0.0768. The van der Waals surface area contributed by atoms with Crippen LogP contribution in [0.5, 0.6) is 0 Å². The number of piperidine rings is 1. The molecule has 2 aliphatic rings. The molecule has 0 unspecified atom stereocenters. The second-order valence-electron chi connectivity index (χ2n) is 5.34. The second-order valence-corrected chi connectivity index (χ2v) is 5.34. The van der Waals surface area contributed by atoms with Gasteiger partial charge in [-0.3, -0.25) is 0 Å². The van der Waals surface area contributed by atoms with Crippen LogP contribution in [0, 0.1) is 5.82 Å². The Hall–Kier alpha value is -0.930. The molecule has 1 fully saturated rings. The Morgan fingerprint density at radius 3 is 2.82 bits per heavy atom. The quantitative estimate of drug-likeness (QED) is 0.686. The van der Waals surface area contributed by atoms with Gasteiger partial charge in [0, 0.05) is 11.1 Å². The van der Waals surface area contributed by atoms with Gasteiger partial charge < -0.3 is 10.2 Å². The van der Waals surface area contributed by atoms with Crippen molar-refractivity contribution in [3.8, 4) is 0 Å². The maximum Gasteiger partial charge on any atom is 0.163 e. The molecule has 0 radical (unpaired) electrons. The van der Waals surface area contributed by atoms with Gasteiger partial charge in [0.25, 0.3) is 0 Å². The van der Waals surface area contributed by atoms with Gasteiger partial charge in [-0.15, -0.1) is 0 Å². The van der Waals surface area contributed by atoms with Crippen LogP contribution in [0.1, 0.15) is 36.4 Å². The van der Waals surface area contributed by atoms with Crippen molar-refractivity contribution in [1.29, 1.82) is 0 Å². The van der Waals surface area contributed by atoms with Crippen molar-refractivity contribution in [1.82, 2.24) is 0 Å². The molecule has 0 aliphatic carbocycles. The van der Waals surface area contributed by atoms with E-state index in [-0.39, 0.29) is 5.82 Å². The SMILES string of the molecule is Fc1ccc2c(c1)[C@H]([NH+]1CCCCC1)C[NH2+]C2. The van der Waals surface area contributed by atoms with Gasteiger partial charge in [-0.05, 0) is 37.5 Å². The molecule has 1 saturated heterocycles. The first-order chi connectivity index (χ1) is 8.34. The summed E-state index contributed by atoms with van der Waals surface area (Å²) in [6.07, 6.45) is 4.03. The summed E-state index contributed by atoms with van der Waals surface area (Å²) in [4.78, 5) is 1.67. The lowest BCUT2D eigenvalue weighted by Gasteiger charge is -2.33. The van der Waals surface area contributed by atoms with E-state index in [9.17, 15) is 4.39 Å². The summed E-state index contributed by atoms with van der Waals surface area (Å²) in [5.74, 6) is -0.0768. The molecule has 3 heteroatoms. The molecular weight excluding hydrogens is 215 g/mol. The Labute approximate surface area is 102 Å². The molecule has 3 N–H and O–H groups in total. The van der Waals surface area contributed by atoms with Crippen molar-refractivity contribution in [3.63, 3.8) is 0 Å². The molecule has 0 spiro atoms. The van der Waals surface area contributed by atoms with Crippen molar-refractivity contribution in [3.05, 3.63) is 35.1 Å². The first kappa shape index (κ1) is 11.2. The maximum atomic E-state index is 13.4. The van der Waals surface area contributed by atoms with Gasteiger partial charge in [-0.1, -0.05) is 0 Å². The Bertz CT molecular complexity index is 399. The largest absolute Gasteiger partial charge is 0.337 e. The number of benzene rings is 1. The number of halogens is 1. The van der Waals surface area contributed by atoms with Crippen LogP contribution >= 0.6 is 0 Å². The number of hydrogen-bond donors (Lipinski definition) is 2. The normalized spacial score (nSPS) is 25.6. The van der Waals surface area contributed by atoms with Gasteiger partial charge in [0.2, 0.25) is 0 Å². The van der Waals surface area contributed by atoms with Crippen LogP contribution in [0.4, 0.5) is 4.39 Å². The molecular formula is C14H21FN2+2. The highest BCUT2D eigenvalue weighted by molar-refractivity contribution is 5.30. The highest BCUT2D eigenvalue weighted by Crippen LogP contribution is 2.19. The molecule has 92 valence electrons. The Balaban J connectivity index is 1.89. The number of nitrogens with one attached hydrogen (secondary N) is 1. The highest BCUT2D eigenvalue weighted by atomic mass is 19.1. The average Bonchev–Trinajstić information content (AvgIpc) is 2.39. The summed E-state index contributed by atoms with van der Waals surface area (Å²) in [7, 11) is 0. The van der Waals surface area contributed by atoms with E-state index in [2.05, 4.69) is 5.32 Å². The second kappa shape index (κ2) is 4.75. The topological polar surface area (TPSA) is 21.1 Å². The molecule has 0 aromatic heterocycles. The lowest BCUT2D eigenvalue weighted by Crippen LogP contribution is -3.16. The zero-order valence-corrected chi connectivity index (χ0v) is 10.2. The van der Waals surface area contributed by atoms with E-state index < -0.39 is 0 Å². The molecule has 2 aliphatic heterocycles. The third-order valence-corrected chi connectivity index (χ3v) is 4.24. The smallest absolute Gasteiger partial charge is 0.163 e. The van der Waals surface area contributed by atoms with Crippen LogP contribution in [-0.4, -0.2) is 19.6 Å². The molecule has 0 saturated carbocycles. The molecule has 0 amide bonds. The molecule has 1 aromatic rings. The van der Waals surface area contributed by atoms with E-state index in [4.69, 9.17) is 0 Å². The highest BCUT2D eigenvalue weighted by Gasteiger charge is 2.32. The van der Waals surface area contributed by atoms with Crippen LogP contribution < -0.4 is 10.2 Å². The van der Waals surface area contributed by atoms with Crippen molar-refractivity contribution in [2.24, 2.45) is 0 Å². The van der Waals surface area contributed by atoms with E-state index >= 15 is 0 Å². The van der Waals surface area contributed by atoms with Crippen molar-refractivity contribution in [2.75, 3.05) is 19.6 Å². The summed E-state index contributed by atoms with van der Waals surface area (Å²) in [6, 6.07) is 5.85. The maximum absolute atomic E-state index is 13.4. The predicted octanol–water partition coefficient (Wildman–Crippen LogP) is 0.0126. The van der Waals surface area contributed by atoms with Crippen LogP contribution in [0.15, 0.2) is 18.2 Å². The minimum Gasteiger partial charge on any atom is -0.337 e. The summed E-state index contributed by atoms with van der Waals surface area (Å²) in [5, 5.41) is 2.37. The Morgan fingerprint density at radius 2 is 2.00 bits per heavy atom. The zero-order valence-electron chi connectivity index (χ0n) is 10.2. The van der Waals surface area contributed by atoms with Gasteiger partial charge in [0.1, 0.15) is 18.9 Å². The molecule has 0 bridgehead atoms. The van der Waals surface area contributed by atoms with Crippen molar-refractivity contribution < 1.29 is 14.6 Å². The van der Waals surface area contributed by atoms with E-state index in [1.807, 2.05) is 6.07 Å². The van der Waals surface area contributed by atoms with Crippen molar-refractivity contribution in [2.45, 2.75) is 31.8 Å². The van der Waals surface area contributed by atoms with Crippen LogP contribution in [0.3, 0.4) is 0 Å². The van der Waals surface area contributed by atoms with Crippen LogP contribution in [-0.2, 0) is 6.54 Å². The van der Waals surface area contributed by atoms with Crippen LogP contribution in [0.25, 0.3) is 0 Å². The lowest BCUT2D eigenvalue weighted by molar-refractivity contribution is -0.952. The van der Waals surface area contributed by atoms with Gasteiger partial charge in [0.05, 0.1) is 13.1 Å². The summed E-state index contributed by atoms with van der Waals surface area (Å²) >= 11 is 0. The monoisotopic (exact) mass is 236 g/mol. The summed E-state index contributed by atoms with van der Waals surface area (Å²) in [5.41, 5.74) is 2.60. The van der Waals surface area contributed by atoms with Crippen LogP contribution in [0.2, 0.25) is 0 Å². The van der Waals surface area contributed by atoms with E-state index in [1.54, 1.807) is 17.0 Å². The molecule has 2 nitrogen and oxygen atoms in total. The Morgan fingerprint density at radius 1 is 1.18 bits per heavy atom. The fourth-order valence-corrected chi connectivity index (χ4v) is 3.35. The molecule has 3 rings (SSSR count). The molecule has 1 aromatic carbocycles. The average molecular weight is 236 g/mol. The fourth-order valence-electron chi connectivity index (χ4n) is 3.35. The number of nitrogens with two attached hydrogens (primary N) is 1. The summed E-state index contributed by atoms with van der Waals surface area (Å²) < 4.78 is 13.4. The number of hydrogen-bond acceptors (Lipinski definition) is 0. The number of fused-ring (bicyclic) bond motifs is 1. The zero-order chi connectivity index (χ0) is 11.7. The van der Waals surface area contributed by atoms with E-state index in [0.717, 1.165) is 13.1 Å². The lowest BCUT2D eigenvalue weighted by atomic mass is 9.94. The number of likely N-dealkylation sites (tertiary alicyclic amines) is 1. The fraction of sp³-hybridized carbons (Fsp3) is 0.571. The standard InChI is InChI=1S/C14H19FN2/c15-12-5-4-11-9-16-10-14(13(11)8-12)17-6-2-1-3-7-17/h4-5,8,14,16H,1-3,6-7,9-10H2/p+2/t14-/m1/s1. The van der Waals surface area contributed by atoms with Gasteiger partial charge in [-0.25, -0.2) is 4.39 Å². The predicted molar refractivity (Wildman–Crippen MR) is 64.2 cm³/mol. The first-order valence-electron chi connectivity index (χ1n) is 6.79. The van der Waals surface area contributed by atoms with Gasteiger partial charge >= 0.3 is 0 Å². The first-order valence-corrected chi connectivity index (χ1v) is 6.79. The van der Waals surface area contributed by atoms with E-state index in [0.29, 0.717) is 6.04 Å². The molecule has 2 heterocycles.